The molecule has 0 bridgehead atoms. The van der Waals surface area contributed by atoms with Crippen LogP contribution in [0.4, 0.5) is 4.79 Å². The Kier molecular flexibility index (Phi) is 5.00. The number of benzene rings is 1. The molecule has 2 saturated heterocycles. The van der Waals surface area contributed by atoms with E-state index in [2.05, 4.69) is 22.9 Å². The highest BCUT2D eigenvalue weighted by Gasteiger charge is 2.49. The van der Waals surface area contributed by atoms with Crippen molar-refractivity contribution < 1.29 is 14.4 Å². The molecule has 0 aromatic heterocycles. The number of nitrogens with zero attached hydrogens (tertiary/aromatic N) is 1. The van der Waals surface area contributed by atoms with E-state index in [-0.39, 0.29) is 18.5 Å². The average molecular weight is 358 g/mol. The number of piperidine rings is 1. The maximum absolute atomic E-state index is 12.9. The molecule has 1 aromatic carbocycles. The van der Waals surface area contributed by atoms with Gasteiger partial charge in [0.1, 0.15) is 12.1 Å². The van der Waals surface area contributed by atoms with Crippen molar-refractivity contribution in [3.8, 4) is 0 Å². The largest absolute Gasteiger partial charge is 0.351 e. The summed E-state index contributed by atoms with van der Waals surface area (Å²) in [6.45, 7) is 7.13. The number of carbonyl (C=O) groups excluding carboxylic acids is 3. The summed E-state index contributed by atoms with van der Waals surface area (Å²) in [6, 6.07) is 6.98. The van der Waals surface area contributed by atoms with Crippen LogP contribution in [0.1, 0.15) is 31.4 Å². The van der Waals surface area contributed by atoms with Crippen LogP contribution in [0.5, 0.6) is 0 Å². The van der Waals surface area contributed by atoms with Crippen molar-refractivity contribution in [2.75, 3.05) is 19.6 Å². The van der Waals surface area contributed by atoms with Gasteiger partial charge in [-0.15, -0.1) is 0 Å². The molecule has 3 atom stereocenters. The SMILES string of the molecule is Cc1ccc(C2(C)NC(=O)N(CC(=O)NC3CCNCC3C)C2=O)cc1. The smallest absolute Gasteiger partial charge is 0.325 e. The molecular weight excluding hydrogens is 332 g/mol. The van der Waals surface area contributed by atoms with Gasteiger partial charge < -0.3 is 16.0 Å². The molecule has 3 N–H and O–H groups in total. The summed E-state index contributed by atoms with van der Waals surface area (Å²) in [6.07, 6.45) is 0.841. The Morgan fingerprint density at radius 3 is 2.65 bits per heavy atom. The molecule has 7 nitrogen and oxygen atoms in total. The first-order chi connectivity index (χ1) is 12.3. The van der Waals surface area contributed by atoms with E-state index in [9.17, 15) is 14.4 Å². The van der Waals surface area contributed by atoms with Gasteiger partial charge in [0, 0.05) is 6.04 Å². The number of aryl methyl sites for hydroxylation is 1. The molecule has 3 rings (SSSR count). The van der Waals surface area contributed by atoms with Crippen molar-refractivity contribution in [1.29, 1.82) is 0 Å². The Balaban J connectivity index is 1.68. The third-order valence-corrected chi connectivity index (χ3v) is 5.34. The van der Waals surface area contributed by atoms with Crippen LogP contribution in [0, 0.1) is 12.8 Å². The molecule has 2 aliphatic rings. The van der Waals surface area contributed by atoms with E-state index in [4.69, 9.17) is 0 Å². The average Bonchev–Trinajstić information content (AvgIpc) is 2.82. The molecule has 2 fully saturated rings. The highest BCUT2D eigenvalue weighted by Crippen LogP contribution is 2.28. The summed E-state index contributed by atoms with van der Waals surface area (Å²) in [4.78, 5) is 38.6. The highest BCUT2D eigenvalue weighted by molar-refractivity contribution is 6.09. The second kappa shape index (κ2) is 7.07. The molecular formula is C19H26N4O3. The number of hydrogen-bond donors (Lipinski definition) is 3. The van der Waals surface area contributed by atoms with Crippen LogP contribution in [-0.2, 0) is 15.1 Å². The maximum atomic E-state index is 12.9. The molecule has 4 amide bonds. The number of rotatable bonds is 4. The first-order valence-corrected chi connectivity index (χ1v) is 9.02. The summed E-state index contributed by atoms with van der Waals surface area (Å²) in [5.41, 5.74) is 0.630. The number of hydrogen-bond acceptors (Lipinski definition) is 4. The second-order valence-electron chi connectivity index (χ2n) is 7.46. The predicted octanol–water partition coefficient (Wildman–Crippen LogP) is 0.876. The van der Waals surface area contributed by atoms with Crippen LogP contribution < -0.4 is 16.0 Å². The molecule has 2 aliphatic heterocycles. The van der Waals surface area contributed by atoms with Crippen molar-refractivity contribution in [3.05, 3.63) is 35.4 Å². The number of imide groups is 1. The molecule has 3 unspecified atom stereocenters. The van der Waals surface area contributed by atoms with Crippen molar-refractivity contribution in [2.24, 2.45) is 5.92 Å². The zero-order valence-electron chi connectivity index (χ0n) is 15.5. The zero-order chi connectivity index (χ0) is 18.9. The third-order valence-electron chi connectivity index (χ3n) is 5.34. The third kappa shape index (κ3) is 3.44. The van der Waals surface area contributed by atoms with E-state index in [0.29, 0.717) is 11.5 Å². The van der Waals surface area contributed by atoms with E-state index < -0.39 is 17.5 Å². The minimum Gasteiger partial charge on any atom is -0.351 e. The topological polar surface area (TPSA) is 90.5 Å². The molecule has 0 spiro atoms. The van der Waals surface area contributed by atoms with Gasteiger partial charge in [-0.05, 0) is 44.8 Å². The van der Waals surface area contributed by atoms with Crippen LogP contribution in [0.2, 0.25) is 0 Å². The van der Waals surface area contributed by atoms with Crippen LogP contribution in [0.3, 0.4) is 0 Å². The summed E-state index contributed by atoms with van der Waals surface area (Å²) in [5, 5.41) is 8.97. The Morgan fingerprint density at radius 1 is 1.31 bits per heavy atom. The van der Waals surface area contributed by atoms with Gasteiger partial charge in [-0.25, -0.2) is 4.79 Å². The molecule has 0 saturated carbocycles. The van der Waals surface area contributed by atoms with Crippen LogP contribution >= 0.6 is 0 Å². The fraction of sp³-hybridized carbons (Fsp3) is 0.526. The maximum Gasteiger partial charge on any atom is 0.325 e. The molecule has 1 aromatic rings. The van der Waals surface area contributed by atoms with Gasteiger partial charge in [-0.1, -0.05) is 36.8 Å². The zero-order valence-corrected chi connectivity index (χ0v) is 15.5. The summed E-state index contributed by atoms with van der Waals surface area (Å²) < 4.78 is 0. The second-order valence-corrected chi connectivity index (χ2v) is 7.46. The van der Waals surface area contributed by atoms with E-state index in [0.717, 1.165) is 30.0 Å². The van der Waals surface area contributed by atoms with E-state index in [1.165, 1.54) is 0 Å². The van der Waals surface area contributed by atoms with Crippen LogP contribution in [-0.4, -0.2) is 48.4 Å². The predicted molar refractivity (Wildman–Crippen MR) is 97.4 cm³/mol. The van der Waals surface area contributed by atoms with Crippen LogP contribution in [0.25, 0.3) is 0 Å². The quantitative estimate of drug-likeness (QED) is 0.697. The highest BCUT2D eigenvalue weighted by atomic mass is 16.2. The van der Waals surface area contributed by atoms with Gasteiger partial charge in [-0.3, -0.25) is 14.5 Å². The Morgan fingerprint density at radius 2 is 2.00 bits per heavy atom. The normalized spacial score (nSPS) is 28.8. The molecule has 0 radical (unpaired) electrons. The summed E-state index contributed by atoms with van der Waals surface area (Å²) in [5.74, 6) is -0.395. The number of carbonyl (C=O) groups is 3. The standard InChI is InChI=1S/C19H26N4O3/c1-12-4-6-14(7-5-12)19(3)17(25)23(18(26)22-19)11-16(24)21-15-8-9-20-10-13(15)2/h4-7,13,15,20H,8-11H2,1-3H3,(H,21,24)(H,22,26). The molecule has 2 heterocycles. The lowest BCUT2D eigenvalue weighted by atomic mass is 9.91. The van der Waals surface area contributed by atoms with Crippen molar-refractivity contribution in [2.45, 2.75) is 38.8 Å². The van der Waals surface area contributed by atoms with Crippen molar-refractivity contribution in [3.63, 3.8) is 0 Å². The Labute approximate surface area is 153 Å². The van der Waals surface area contributed by atoms with E-state index in [1.54, 1.807) is 6.92 Å². The number of urea groups is 1. The number of nitrogens with one attached hydrogen (secondary N) is 3. The molecule has 26 heavy (non-hydrogen) atoms. The van der Waals surface area contributed by atoms with Crippen molar-refractivity contribution >= 4 is 17.8 Å². The summed E-state index contributed by atoms with van der Waals surface area (Å²) >= 11 is 0. The Hall–Kier alpha value is -2.41. The monoisotopic (exact) mass is 358 g/mol. The lowest BCUT2D eigenvalue weighted by molar-refractivity contribution is -0.135. The minimum absolute atomic E-state index is 0.0630. The Bertz CT molecular complexity index is 718. The van der Waals surface area contributed by atoms with Gasteiger partial charge in [0.15, 0.2) is 0 Å². The van der Waals surface area contributed by atoms with E-state index in [1.807, 2.05) is 31.2 Å². The van der Waals surface area contributed by atoms with Gasteiger partial charge >= 0.3 is 6.03 Å². The van der Waals surface area contributed by atoms with Crippen LogP contribution in [0.15, 0.2) is 24.3 Å². The summed E-state index contributed by atoms with van der Waals surface area (Å²) in [7, 11) is 0. The van der Waals surface area contributed by atoms with Gasteiger partial charge in [-0.2, -0.15) is 0 Å². The van der Waals surface area contributed by atoms with E-state index >= 15 is 0 Å². The fourth-order valence-electron chi connectivity index (χ4n) is 3.55. The van der Waals surface area contributed by atoms with Crippen molar-refractivity contribution in [1.82, 2.24) is 20.9 Å². The number of amides is 4. The minimum atomic E-state index is -1.15. The van der Waals surface area contributed by atoms with Gasteiger partial charge in [0.25, 0.3) is 5.91 Å². The molecule has 140 valence electrons. The molecule has 7 heteroatoms. The first-order valence-electron chi connectivity index (χ1n) is 9.02. The van der Waals surface area contributed by atoms with Gasteiger partial charge in [0.05, 0.1) is 0 Å². The lowest BCUT2D eigenvalue weighted by Crippen LogP contribution is -2.51. The molecule has 0 aliphatic carbocycles. The van der Waals surface area contributed by atoms with Gasteiger partial charge in [0.2, 0.25) is 5.91 Å². The lowest BCUT2D eigenvalue weighted by Gasteiger charge is -2.30. The fourth-order valence-corrected chi connectivity index (χ4v) is 3.55. The first kappa shape index (κ1) is 18.4.